The Balaban J connectivity index is 2.07. The number of carbonyl (C=O) groups is 1. The van der Waals surface area contributed by atoms with Gasteiger partial charge >= 0.3 is 0 Å². The highest BCUT2D eigenvalue weighted by Gasteiger charge is 2.19. The highest BCUT2D eigenvalue weighted by molar-refractivity contribution is 5.94. The Morgan fingerprint density at radius 1 is 1.24 bits per heavy atom. The maximum atomic E-state index is 12.6. The molecule has 0 radical (unpaired) electrons. The maximum Gasteiger partial charge on any atom is 0.265 e. The average Bonchev–Trinajstić information content (AvgIpc) is 2.60. The van der Waals surface area contributed by atoms with Gasteiger partial charge in [-0.05, 0) is 49.6 Å². The monoisotopic (exact) mass is 339 g/mol. The van der Waals surface area contributed by atoms with Crippen LogP contribution in [0.1, 0.15) is 24.5 Å². The van der Waals surface area contributed by atoms with Crippen LogP contribution in [0.25, 0.3) is 0 Å². The Bertz CT molecular complexity index is 740. The molecule has 2 aromatic carbocycles. The number of anilines is 1. The van der Waals surface area contributed by atoms with Crippen molar-refractivity contribution in [2.45, 2.75) is 33.3 Å². The van der Waals surface area contributed by atoms with Crippen LogP contribution in [0.15, 0.2) is 55.1 Å². The summed E-state index contributed by atoms with van der Waals surface area (Å²) in [7, 11) is 0. The predicted molar refractivity (Wildman–Crippen MR) is 101 cm³/mol. The molecule has 0 heterocycles. The second-order valence-electron chi connectivity index (χ2n) is 5.90. The second kappa shape index (κ2) is 8.92. The fraction of sp³-hybridized carbons (Fsp3) is 0.286. The summed E-state index contributed by atoms with van der Waals surface area (Å²) in [4.78, 5) is 12.6. The average molecular weight is 339 g/mol. The molecule has 4 heteroatoms. The van der Waals surface area contributed by atoms with Gasteiger partial charge in [0.2, 0.25) is 0 Å². The molecular formula is C21H25NO3. The zero-order valence-electron chi connectivity index (χ0n) is 15.0. The van der Waals surface area contributed by atoms with Gasteiger partial charge in [-0.15, -0.1) is 0 Å². The van der Waals surface area contributed by atoms with Crippen molar-refractivity contribution in [2.24, 2.45) is 0 Å². The molecule has 0 spiro atoms. The van der Waals surface area contributed by atoms with Gasteiger partial charge in [-0.25, -0.2) is 0 Å². The van der Waals surface area contributed by atoms with Crippen molar-refractivity contribution in [3.8, 4) is 11.5 Å². The molecule has 0 fully saturated rings. The predicted octanol–water partition coefficient (Wildman–Crippen LogP) is 4.66. The van der Waals surface area contributed by atoms with E-state index in [1.807, 2.05) is 57.2 Å². The zero-order valence-corrected chi connectivity index (χ0v) is 15.0. The van der Waals surface area contributed by atoms with E-state index >= 15 is 0 Å². The molecule has 2 rings (SSSR count). The number of hydrogen-bond acceptors (Lipinski definition) is 3. The third-order valence-corrected chi connectivity index (χ3v) is 3.75. The van der Waals surface area contributed by atoms with Crippen molar-refractivity contribution >= 4 is 11.6 Å². The summed E-state index contributed by atoms with van der Waals surface area (Å²) in [6, 6.07) is 13.3. The highest BCUT2D eigenvalue weighted by atomic mass is 16.5. The molecule has 1 amide bonds. The minimum atomic E-state index is -0.557. The van der Waals surface area contributed by atoms with E-state index in [1.54, 1.807) is 12.1 Å². The molecule has 132 valence electrons. The molecule has 25 heavy (non-hydrogen) atoms. The summed E-state index contributed by atoms with van der Waals surface area (Å²) in [5.74, 6) is 1.25. The number of hydrogen-bond donors (Lipinski definition) is 1. The number of nitrogens with one attached hydrogen (secondary N) is 1. The topological polar surface area (TPSA) is 47.6 Å². The van der Waals surface area contributed by atoms with Crippen LogP contribution in [-0.2, 0) is 4.79 Å². The summed E-state index contributed by atoms with van der Waals surface area (Å²) in [6.07, 6.45) is 1.70. The first-order valence-electron chi connectivity index (χ1n) is 8.42. The SMILES string of the molecule is C=CCOc1cccc(NC(=O)C(CC)Oc2cc(C)ccc2C)c1. The van der Waals surface area contributed by atoms with Gasteiger partial charge < -0.3 is 14.8 Å². The molecule has 1 N–H and O–H groups in total. The Morgan fingerprint density at radius 2 is 2.04 bits per heavy atom. The summed E-state index contributed by atoms with van der Waals surface area (Å²) in [5.41, 5.74) is 2.79. The fourth-order valence-electron chi connectivity index (χ4n) is 2.35. The summed E-state index contributed by atoms with van der Waals surface area (Å²) < 4.78 is 11.4. The van der Waals surface area contributed by atoms with Crippen LogP contribution in [0.4, 0.5) is 5.69 Å². The van der Waals surface area contributed by atoms with Crippen LogP contribution in [0.3, 0.4) is 0 Å². The fourth-order valence-corrected chi connectivity index (χ4v) is 2.35. The number of ether oxygens (including phenoxy) is 2. The lowest BCUT2D eigenvalue weighted by molar-refractivity contribution is -0.122. The van der Waals surface area contributed by atoms with Crippen LogP contribution in [0.2, 0.25) is 0 Å². The molecule has 0 bridgehead atoms. The Morgan fingerprint density at radius 3 is 2.76 bits per heavy atom. The molecule has 2 aromatic rings. The van der Waals surface area contributed by atoms with E-state index in [0.29, 0.717) is 24.5 Å². The van der Waals surface area contributed by atoms with Crippen molar-refractivity contribution in [3.63, 3.8) is 0 Å². The first-order chi connectivity index (χ1) is 12.0. The van der Waals surface area contributed by atoms with Crippen molar-refractivity contribution in [2.75, 3.05) is 11.9 Å². The van der Waals surface area contributed by atoms with Crippen LogP contribution in [0.5, 0.6) is 11.5 Å². The molecule has 0 aliphatic carbocycles. The van der Waals surface area contributed by atoms with E-state index in [9.17, 15) is 4.79 Å². The van der Waals surface area contributed by atoms with E-state index in [0.717, 1.165) is 16.9 Å². The zero-order chi connectivity index (χ0) is 18.2. The third-order valence-electron chi connectivity index (χ3n) is 3.75. The molecule has 0 aromatic heterocycles. The van der Waals surface area contributed by atoms with E-state index in [-0.39, 0.29) is 5.91 Å². The number of rotatable bonds is 8. The van der Waals surface area contributed by atoms with E-state index < -0.39 is 6.10 Å². The van der Waals surface area contributed by atoms with E-state index in [4.69, 9.17) is 9.47 Å². The first kappa shape index (κ1) is 18.6. The minimum Gasteiger partial charge on any atom is -0.489 e. The highest BCUT2D eigenvalue weighted by Crippen LogP contribution is 2.22. The van der Waals surface area contributed by atoms with Crippen molar-refractivity contribution in [1.29, 1.82) is 0 Å². The van der Waals surface area contributed by atoms with Gasteiger partial charge in [0.05, 0.1) is 0 Å². The largest absolute Gasteiger partial charge is 0.489 e. The number of carbonyl (C=O) groups excluding carboxylic acids is 1. The molecule has 4 nitrogen and oxygen atoms in total. The quantitative estimate of drug-likeness (QED) is 0.711. The van der Waals surface area contributed by atoms with Crippen LogP contribution >= 0.6 is 0 Å². The van der Waals surface area contributed by atoms with Gasteiger partial charge in [0.1, 0.15) is 18.1 Å². The smallest absolute Gasteiger partial charge is 0.265 e. The van der Waals surface area contributed by atoms with Crippen LogP contribution < -0.4 is 14.8 Å². The van der Waals surface area contributed by atoms with Gasteiger partial charge in [-0.2, -0.15) is 0 Å². The molecule has 0 aliphatic rings. The molecule has 1 unspecified atom stereocenters. The lowest BCUT2D eigenvalue weighted by atomic mass is 10.1. The standard InChI is InChI=1S/C21H25NO3/c1-5-12-24-18-9-7-8-17(14-18)22-21(23)19(6-2)25-20-13-15(3)10-11-16(20)4/h5,7-11,13-14,19H,1,6,12H2,2-4H3,(H,22,23). The molecule has 0 saturated carbocycles. The Kier molecular flexibility index (Phi) is 6.63. The number of aryl methyl sites for hydroxylation is 2. The van der Waals surface area contributed by atoms with Gasteiger partial charge in [0.25, 0.3) is 5.91 Å². The van der Waals surface area contributed by atoms with Crippen molar-refractivity contribution < 1.29 is 14.3 Å². The van der Waals surface area contributed by atoms with Crippen molar-refractivity contribution in [3.05, 3.63) is 66.2 Å². The van der Waals surface area contributed by atoms with Gasteiger partial charge in [-0.1, -0.05) is 37.8 Å². The first-order valence-corrected chi connectivity index (χ1v) is 8.42. The lowest BCUT2D eigenvalue weighted by Crippen LogP contribution is -2.32. The second-order valence-corrected chi connectivity index (χ2v) is 5.90. The van der Waals surface area contributed by atoms with Crippen LogP contribution in [0, 0.1) is 13.8 Å². The Labute approximate surface area is 149 Å². The molecule has 0 saturated heterocycles. The normalized spacial score (nSPS) is 11.5. The molecule has 0 aliphatic heterocycles. The Hall–Kier alpha value is -2.75. The van der Waals surface area contributed by atoms with Gasteiger partial charge in [0, 0.05) is 11.8 Å². The molecule has 1 atom stereocenters. The number of amides is 1. The van der Waals surface area contributed by atoms with Gasteiger partial charge in [0.15, 0.2) is 6.10 Å². The number of benzene rings is 2. The summed E-state index contributed by atoms with van der Waals surface area (Å²) in [6.45, 7) is 9.95. The minimum absolute atomic E-state index is 0.177. The summed E-state index contributed by atoms with van der Waals surface area (Å²) in [5, 5.41) is 2.89. The maximum absolute atomic E-state index is 12.6. The molecular weight excluding hydrogens is 314 g/mol. The third kappa shape index (κ3) is 5.38. The lowest BCUT2D eigenvalue weighted by Gasteiger charge is -2.19. The summed E-state index contributed by atoms with van der Waals surface area (Å²) >= 11 is 0. The van der Waals surface area contributed by atoms with Crippen molar-refractivity contribution in [1.82, 2.24) is 0 Å². The van der Waals surface area contributed by atoms with Crippen LogP contribution in [-0.4, -0.2) is 18.6 Å². The van der Waals surface area contributed by atoms with E-state index in [2.05, 4.69) is 11.9 Å². The van der Waals surface area contributed by atoms with Gasteiger partial charge in [-0.3, -0.25) is 4.79 Å². The van der Waals surface area contributed by atoms with E-state index in [1.165, 1.54) is 0 Å².